The predicted octanol–water partition coefficient (Wildman–Crippen LogP) is 2.88. The second-order valence-corrected chi connectivity index (χ2v) is 4.51. The van der Waals surface area contributed by atoms with Crippen molar-refractivity contribution >= 4 is 27.5 Å². The van der Waals surface area contributed by atoms with E-state index in [-0.39, 0.29) is 17.2 Å². The minimum atomic E-state index is -0.264. The fraction of sp³-hybridized carbons (Fsp3) is 0. The van der Waals surface area contributed by atoms with E-state index in [9.17, 15) is 10.2 Å². The number of nitrogens with one attached hydrogen (secondary N) is 1. The van der Waals surface area contributed by atoms with Gasteiger partial charge in [-0.3, -0.25) is 0 Å². The second-order valence-electron chi connectivity index (χ2n) is 2.63. The molecule has 7 heteroatoms. The molecule has 5 nitrogen and oxygen atoms in total. The number of aromatic hydroxyl groups is 2. The Bertz CT molecular complexity index is 434. The van der Waals surface area contributed by atoms with Crippen molar-refractivity contribution in [3.63, 3.8) is 0 Å². The number of para-hydroxylation sites is 1. The van der Waals surface area contributed by atoms with Crippen molar-refractivity contribution in [1.82, 2.24) is 4.72 Å². The van der Waals surface area contributed by atoms with E-state index in [1.54, 1.807) is 17.5 Å². The Labute approximate surface area is 93.8 Å². The molecule has 2 rings (SSSR count). The van der Waals surface area contributed by atoms with Gasteiger partial charge < -0.3 is 14.9 Å². The van der Waals surface area contributed by atoms with Crippen molar-refractivity contribution in [2.45, 2.75) is 0 Å². The number of hydrogen-bond donors (Lipinski definition) is 3. The van der Waals surface area contributed by atoms with Crippen LogP contribution in [0.1, 0.15) is 0 Å². The first kappa shape index (κ1) is 10.2. The zero-order valence-corrected chi connectivity index (χ0v) is 9.05. The number of hydrogen-bond acceptors (Lipinski definition) is 7. The second kappa shape index (κ2) is 4.45. The fourth-order valence-electron chi connectivity index (χ4n) is 0.912. The lowest BCUT2D eigenvalue weighted by atomic mass is 10.3. The molecule has 0 spiro atoms. The SMILES string of the molecule is Oc1cccc(N=NC2=CSSN2)c1O. The normalized spacial score (nSPS) is 15.3. The quantitative estimate of drug-likeness (QED) is 0.321. The van der Waals surface area contributed by atoms with Gasteiger partial charge >= 0.3 is 0 Å². The van der Waals surface area contributed by atoms with Gasteiger partial charge in [0.15, 0.2) is 17.3 Å². The molecular weight excluding hydrogens is 234 g/mol. The Morgan fingerprint density at radius 3 is 2.80 bits per heavy atom. The van der Waals surface area contributed by atoms with E-state index in [0.717, 1.165) is 0 Å². The third kappa shape index (κ3) is 2.37. The van der Waals surface area contributed by atoms with E-state index in [1.807, 2.05) is 0 Å². The van der Waals surface area contributed by atoms with Gasteiger partial charge in [0, 0.05) is 16.4 Å². The van der Waals surface area contributed by atoms with Gasteiger partial charge in [0.2, 0.25) is 0 Å². The maximum atomic E-state index is 9.42. The minimum absolute atomic E-state index is 0.205. The predicted molar refractivity (Wildman–Crippen MR) is 60.7 cm³/mol. The summed E-state index contributed by atoms with van der Waals surface area (Å²) >= 11 is 0. The highest BCUT2D eigenvalue weighted by Crippen LogP contribution is 2.36. The highest BCUT2D eigenvalue weighted by Gasteiger charge is 2.06. The van der Waals surface area contributed by atoms with Gasteiger partial charge in [-0.05, 0) is 22.9 Å². The van der Waals surface area contributed by atoms with Crippen molar-refractivity contribution in [2.24, 2.45) is 10.2 Å². The van der Waals surface area contributed by atoms with Crippen LogP contribution in [0, 0.1) is 0 Å². The van der Waals surface area contributed by atoms with Crippen LogP contribution in [-0.2, 0) is 0 Å². The molecule has 1 heterocycles. The minimum Gasteiger partial charge on any atom is -0.504 e. The van der Waals surface area contributed by atoms with Crippen LogP contribution in [0.3, 0.4) is 0 Å². The molecule has 0 aliphatic carbocycles. The maximum absolute atomic E-state index is 9.42. The first-order valence-electron chi connectivity index (χ1n) is 3.98. The summed E-state index contributed by atoms with van der Waals surface area (Å²) in [6, 6.07) is 4.53. The molecule has 1 aromatic carbocycles. The molecule has 0 atom stereocenters. The molecule has 1 aliphatic heterocycles. The molecule has 0 saturated heterocycles. The first-order chi connectivity index (χ1) is 7.27. The van der Waals surface area contributed by atoms with Gasteiger partial charge in [-0.1, -0.05) is 6.07 Å². The van der Waals surface area contributed by atoms with E-state index in [0.29, 0.717) is 5.82 Å². The number of rotatable bonds is 2. The van der Waals surface area contributed by atoms with Crippen LogP contribution in [0.25, 0.3) is 0 Å². The Balaban J connectivity index is 2.20. The molecule has 78 valence electrons. The average Bonchev–Trinajstić information content (AvgIpc) is 2.73. The zero-order chi connectivity index (χ0) is 10.7. The largest absolute Gasteiger partial charge is 0.504 e. The van der Waals surface area contributed by atoms with E-state index in [4.69, 9.17) is 0 Å². The van der Waals surface area contributed by atoms with Gasteiger partial charge in [0.1, 0.15) is 5.69 Å². The van der Waals surface area contributed by atoms with Gasteiger partial charge in [-0.2, -0.15) is 0 Å². The molecule has 1 aliphatic rings. The summed E-state index contributed by atoms with van der Waals surface area (Å²) in [5.41, 5.74) is 0.236. The summed E-state index contributed by atoms with van der Waals surface area (Å²) in [4.78, 5) is 0. The number of phenols is 2. The summed E-state index contributed by atoms with van der Waals surface area (Å²) < 4.78 is 2.90. The summed E-state index contributed by atoms with van der Waals surface area (Å²) in [5, 5.41) is 28.1. The monoisotopic (exact) mass is 241 g/mol. The molecule has 0 bridgehead atoms. The summed E-state index contributed by atoms with van der Waals surface area (Å²) in [6.07, 6.45) is 0. The molecule has 0 radical (unpaired) electrons. The Morgan fingerprint density at radius 1 is 1.20 bits per heavy atom. The standard InChI is InChI=1S/C8H7N3O2S2/c12-6-3-1-2-5(8(6)13)9-10-7-4-14-15-11-7/h1-4,11-13H. The number of azo groups is 1. The van der Waals surface area contributed by atoms with Crippen molar-refractivity contribution < 1.29 is 10.2 Å². The van der Waals surface area contributed by atoms with Crippen LogP contribution in [-0.4, -0.2) is 10.2 Å². The summed E-state index contributed by atoms with van der Waals surface area (Å²) in [6.45, 7) is 0. The van der Waals surface area contributed by atoms with Crippen LogP contribution < -0.4 is 4.72 Å². The lowest BCUT2D eigenvalue weighted by Gasteiger charge is -1.99. The molecule has 3 N–H and O–H groups in total. The lowest BCUT2D eigenvalue weighted by Crippen LogP contribution is -1.91. The molecule has 0 unspecified atom stereocenters. The van der Waals surface area contributed by atoms with E-state index in [1.165, 1.54) is 27.8 Å². The highest BCUT2D eigenvalue weighted by atomic mass is 33.1. The van der Waals surface area contributed by atoms with Gasteiger partial charge in [-0.15, -0.1) is 10.2 Å². The van der Waals surface area contributed by atoms with Crippen molar-refractivity contribution in [3.05, 3.63) is 29.4 Å². The number of phenolic OH excluding ortho intramolecular Hbond substituents is 2. The molecule has 0 aromatic heterocycles. The van der Waals surface area contributed by atoms with E-state index >= 15 is 0 Å². The van der Waals surface area contributed by atoms with Crippen molar-refractivity contribution in [3.8, 4) is 11.5 Å². The summed E-state index contributed by atoms with van der Waals surface area (Å²) in [5.74, 6) is 0.149. The number of benzene rings is 1. The molecule has 0 saturated carbocycles. The van der Waals surface area contributed by atoms with Crippen LogP contribution in [0.4, 0.5) is 5.69 Å². The van der Waals surface area contributed by atoms with Crippen LogP contribution >= 0.6 is 21.8 Å². The zero-order valence-electron chi connectivity index (χ0n) is 7.41. The highest BCUT2D eigenvalue weighted by molar-refractivity contribution is 8.77. The van der Waals surface area contributed by atoms with E-state index in [2.05, 4.69) is 15.0 Å². The maximum Gasteiger partial charge on any atom is 0.185 e. The van der Waals surface area contributed by atoms with Crippen LogP contribution in [0.15, 0.2) is 39.7 Å². The Morgan fingerprint density at radius 2 is 2.07 bits per heavy atom. The van der Waals surface area contributed by atoms with Crippen LogP contribution in [0.5, 0.6) is 11.5 Å². The van der Waals surface area contributed by atoms with Gasteiger partial charge in [-0.25, -0.2) is 0 Å². The number of nitrogens with zero attached hydrogens (tertiary/aromatic N) is 2. The molecule has 15 heavy (non-hydrogen) atoms. The fourth-order valence-corrected chi connectivity index (χ4v) is 2.28. The lowest BCUT2D eigenvalue weighted by molar-refractivity contribution is 0.404. The van der Waals surface area contributed by atoms with Crippen molar-refractivity contribution in [1.29, 1.82) is 0 Å². The van der Waals surface area contributed by atoms with Gasteiger partial charge in [0.05, 0.1) is 0 Å². The third-order valence-corrected chi connectivity index (χ3v) is 3.15. The first-order valence-corrected chi connectivity index (χ1v) is 6.20. The van der Waals surface area contributed by atoms with E-state index < -0.39 is 0 Å². The Hall–Kier alpha value is -1.34. The smallest absolute Gasteiger partial charge is 0.185 e. The average molecular weight is 241 g/mol. The summed E-state index contributed by atoms with van der Waals surface area (Å²) in [7, 11) is 2.94. The topological polar surface area (TPSA) is 77.2 Å². The molecule has 0 fully saturated rings. The molecule has 1 aromatic rings. The molecular formula is C8H7N3O2S2. The van der Waals surface area contributed by atoms with Crippen LogP contribution in [0.2, 0.25) is 0 Å². The third-order valence-electron chi connectivity index (χ3n) is 1.61. The molecule has 0 amide bonds. The Kier molecular flexibility index (Phi) is 3.02. The van der Waals surface area contributed by atoms with Crippen molar-refractivity contribution in [2.75, 3.05) is 0 Å². The van der Waals surface area contributed by atoms with Gasteiger partial charge in [0.25, 0.3) is 0 Å².